The maximum absolute atomic E-state index is 3.48. The molecule has 106 valence electrons. The largest absolute Gasteiger partial charge is 0.315 e. The normalized spacial score (nSPS) is 35.2. The minimum atomic E-state index is 0.281. The first-order valence-electron chi connectivity index (χ1n) is 7.71. The fraction of sp³-hybridized carbons (Fsp3) is 1.00. The zero-order chi connectivity index (χ0) is 13.3. The Morgan fingerprint density at radius 1 is 1.39 bits per heavy atom. The van der Waals surface area contributed by atoms with Crippen LogP contribution in [0.25, 0.3) is 0 Å². The summed E-state index contributed by atoms with van der Waals surface area (Å²) in [4.78, 5) is 5.49. The molecular formula is C15H31N3. The van der Waals surface area contributed by atoms with Gasteiger partial charge in [-0.25, -0.2) is 0 Å². The van der Waals surface area contributed by atoms with Gasteiger partial charge in [0.25, 0.3) is 0 Å². The van der Waals surface area contributed by atoms with E-state index in [-0.39, 0.29) is 5.54 Å². The van der Waals surface area contributed by atoms with Crippen LogP contribution >= 0.6 is 0 Å². The summed E-state index contributed by atoms with van der Waals surface area (Å²) in [6.07, 6.45) is 4.01. The molecule has 0 aromatic carbocycles. The number of hydrogen-bond acceptors (Lipinski definition) is 3. The zero-order valence-electron chi connectivity index (χ0n) is 12.9. The number of piperazine rings is 1. The van der Waals surface area contributed by atoms with Crippen LogP contribution in [0.4, 0.5) is 0 Å². The van der Waals surface area contributed by atoms with E-state index >= 15 is 0 Å². The summed E-state index contributed by atoms with van der Waals surface area (Å²) in [5.74, 6) is 0. The molecule has 0 aliphatic carbocycles. The van der Waals surface area contributed by atoms with E-state index < -0.39 is 0 Å². The first-order chi connectivity index (χ1) is 8.52. The first-order valence-corrected chi connectivity index (χ1v) is 7.71. The molecule has 0 aromatic rings. The van der Waals surface area contributed by atoms with Gasteiger partial charge in [0.2, 0.25) is 0 Å². The Bertz CT molecular complexity index is 281. The van der Waals surface area contributed by atoms with Gasteiger partial charge in [-0.1, -0.05) is 6.92 Å². The van der Waals surface area contributed by atoms with Gasteiger partial charge in [0, 0.05) is 36.8 Å². The van der Waals surface area contributed by atoms with E-state index in [2.05, 4.69) is 49.9 Å². The highest BCUT2D eigenvalue weighted by molar-refractivity contribution is 5.01. The lowest BCUT2D eigenvalue weighted by Gasteiger charge is -2.53. The second kappa shape index (κ2) is 5.48. The molecule has 1 N–H and O–H groups in total. The number of rotatable bonds is 4. The van der Waals surface area contributed by atoms with E-state index in [1.165, 1.54) is 38.9 Å². The summed E-state index contributed by atoms with van der Waals surface area (Å²) in [6, 6.07) is 2.04. The van der Waals surface area contributed by atoms with Crippen molar-refractivity contribution in [2.24, 2.45) is 0 Å². The highest BCUT2D eigenvalue weighted by Gasteiger charge is 2.43. The van der Waals surface area contributed by atoms with Crippen molar-refractivity contribution in [3.63, 3.8) is 0 Å². The van der Waals surface area contributed by atoms with Crippen molar-refractivity contribution >= 4 is 0 Å². The quantitative estimate of drug-likeness (QED) is 0.826. The van der Waals surface area contributed by atoms with Crippen LogP contribution in [0.3, 0.4) is 0 Å². The molecule has 4 atom stereocenters. The molecule has 2 saturated heterocycles. The van der Waals surface area contributed by atoms with Gasteiger partial charge in [0.1, 0.15) is 0 Å². The number of nitrogens with zero attached hydrogens (tertiary/aromatic N) is 2. The van der Waals surface area contributed by atoms with Crippen LogP contribution in [-0.4, -0.2) is 60.1 Å². The maximum Gasteiger partial charge on any atom is 0.0332 e. The number of nitrogens with one attached hydrogen (secondary N) is 1. The summed E-state index contributed by atoms with van der Waals surface area (Å²) in [6.45, 7) is 13.4. The second-order valence-corrected chi connectivity index (χ2v) is 6.51. The molecule has 2 aliphatic heterocycles. The number of hydrogen-bond donors (Lipinski definition) is 1. The molecule has 18 heavy (non-hydrogen) atoms. The van der Waals surface area contributed by atoms with Crippen molar-refractivity contribution in [1.82, 2.24) is 15.1 Å². The van der Waals surface area contributed by atoms with Crippen LogP contribution in [0.1, 0.15) is 47.0 Å². The topological polar surface area (TPSA) is 18.5 Å². The molecular weight excluding hydrogens is 222 g/mol. The Morgan fingerprint density at radius 3 is 2.72 bits per heavy atom. The third kappa shape index (κ3) is 2.33. The molecule has 2 heterocycles. The van der Waals surface area contributed by atoms with Crippen LogP contribution in [0.15, 0.2) is 0 Å². The van der Waals surface area contributed by atoms with Crippen LogP contribution in [-0.2, 0) is 0 Å². The fourth-order valence-corrected chi connectivity index (χ4v) is 3.97. The Morgan fingerprint density at radius 2 is 2.11 bits per heavy atom. The highest BCUT2D eigenvalue weighted by Crippen LogP contribution is 2.33. The van der Waals surface area contributed by atoms with E-state index in [1.807, 2.05) is 0 Å². The molecule has 0 saturated carbocycles. The third-order valence-corrected chi connectivity index (χ3v) is 5.68. The number of likely N-dealkylation sites (N-methyl/N-ethyl adjacent to an activating group) is 1. The molecule has 3 nitrogen and oxygen atoms in total. The number of fused-ring (bicyclic) bond motifs is 1. The van der Waals surface area contributed by atoms with Crippen LogP contribution in [0.2, 0.25) is 0 Å². The minimum Gasteiger partial charge on any atom is -0.315 e. The molecule has 2 rings (SSSR count). The lowest BCUT2D eigenvalue weighted by Crippen LogP contribution is -2.66. The molecule has 0 amide bonds. The fourth-order valence-electron chi connectivity index (χ4n) is 3.97. The summed E-state index contributed by atoms with van der Waals surface area (Å²) in [5, 5.41) is 3.48. The maximum atomic E-state index is 3.48. The Balaban J connectivity index is 2.14. The Labute approximate surface area is 113 Å². The molecule has 4 unspecified atom stereocenters. The van der Waals surface area contributed by atoms with E-state index in [4.69, 9.17) is 0 Å². The van der Waals surface area contributed by atoms with Crippen molar-refractivity contribution < 1.29 is 0 Å². The Hall–Kier alpha value is -0.120. The average molecular weight is 253 g/mol. The summed E-state index contributed by atoms with van der Waals surface area (Å²) < 4.78 is 0. The predicted octanol–water partition coefficient (Wildman–Crippen LogP) is 1.93. The Kier molecular flexibility index (Phi) is 4.35. The van der Waals surface area contributed by atoms with E-state index in [1.54, 1.807) is 0 Å². The average Bonchev–Trinajstić information content (AvgIpc) is 2.82. The summed E-state index contributed by atoms with van der Waals surface area (Å²) >= 11 is 0. The molecule has 2 fully saturated rings. The van der Waals surface area contributed by atoms with E-state index in [9.17, 15) is 0 Å². The van der Waals surface area contributed by atoms with Gasteiger partial charge in [-0.2, -0.15) is 0 Å². The van der Waals surface area contributed by atoms with Crippen LogP contribution in [0.5, 0.6) is 0 Å². The molecule has 2 aliphatic rings. The van der Waals surface area contributed by atoms with Crippen molar-refractivity contribution in [3.05, 3.63) is 0 Å². The molecule has 0 spiro atoms. The lowest BCUT2D eigenvalue weighted by molar-refractivity contribution is -0.0320. The minimum absolute atomic E-state index is 0.281. The van der Waals surface area contributed by atoms with Gasteiger partial charge in [0.15, 0.2) is 0 Å². The van der Waals surface area contributed by atoms with Gasteiger partial charge in [-0.15, -0.1) is 0 Å². The monoisotopic (exact) mass is 253 g/mol. The smallest absolute Gasteiger partial charge is 0.0332 e. The van der Waals surface area contributed by atoms with Gasteiger partial charge in [-0.05, 0) is 53.6 Å². The lowest BCUT2D eigenvalue weighted by atomic mass is 9.85. The van der Waals surface area contributed by atoms with Crippen molar-refractivity contribution in [2.75, 3.05) is 26.7 Å². The molecule has 0 aromatic heterocycles. The second-order valence-electron chi connectivity index (χ2n) is 6.51. The zero-order valence-corrected chi connectivity index (χ0v) is 12.9. The van der Waals surface area contributed by atoms with Gasteiger partial charge < -0.3 is 5.32 Å². The van der Waals surface area contributed by atoms with Crippen molar-refractivity contribution in [1.29, 1.82) is 0 Å². The van der Waals surface area contributed by atoms with Crippen LogP contribution < -0.4 is 5.32 Å². The standard InChI is InChI=1S/C15H31N3/c1-6-15(4,13(3)16-5)18-11-14-8-7-9-17(14)10-12(18)2/h12-14,16H,6-11H2,1-5H3. The summed E-state index contributed by atoms with van der Waals surface area (Å²) in [7, 11) is 2.09. The van der Waals surface area contributed by atoms with Gasteiger partial charge in [0.05, 0.1) is 0 Å². The van der Waals surface area contributed by atoms with Gasteiger partial charge in [-0.3, -0.25) is 9.80 Å². The SMILES string of the molecule is CCC(C)(C(C)NC)N1CC2CCCN2CC1C. The third-order valence-electron chi connectivity index (χ3n) is 5.68. The first kappa shape index (κ1) is 14.3. The molecule has 0 bridgehead atoms. The molecule has 0 radical (unpaired) electrons. The van der Waals surface area contributed by atoms with Crippen molar-refractivity contribution in [3.8, 4) is 0 Å². The molecule has 3 heteroatoms. The van der Waals surface area contributed by atoms with Crippen LogP contribution in [0, 0.1) is 0 Å². The van der Waals surface area contributed by atoms with Crippen molar-refractivity contribution in [2.45, 2.75) is 70.6 Å². The summed E-state index contributed by atoms with van der Waals surface area (Å²) in [5.41, 5.74) is 0.281. The predicted molar refractivity (Wildman–Crippen MR) is 78.0 cm³/mol. The van der Waals surface area contributed by atoms with E-state index in [0.29, 0.717) is 12.1 Å². The highest BCUT2D eigenvalue weighted by atomic mass is 15.4. The van der Waals surface area contributed by atoms with E-state index in [0.717, 1.165) is 6.04 Å². The van der Waals surface area contributed by atoms with Gasteiger partial charge >= 0.3 is 0 Å².